The van der Waals surface area contributed by atoms with E-state index in [1.807, 2.05) is 11.8 Å². The van der Waals surface area contributed by atoms with Crippen LogP contribution in [0.1, 0.15) is 12.8 Å². The van der Waals surface area contributed by atoms with Gasteiger partial charge in [0.2, 0.25) is 0 Å². The fraction of sp³-hybridized carbons (Fsp3) is 1.00. The molecule has 0 unspecified atom stereocenters. The minimum Gasteiger partial charge on any atom is -0.285 e. The smallest absolute Gasteiger partial charge is 0.0465 e. The van der Waals surface area contributed by atoms with Crippen molar-refractivity contribution in [2.45, 2.75) is 12.8 Å². The van der Waals surface area contributed by atoms with E-state index in [2.05, 4.69) is 33.3 Å². The van der Waals surface area contributed by atoms with Crippen LogP contribution in [0.25, 0.3) is 0 Å². The Bertz CT molecular complexity index is 158. The van der Waals surface area contributed by atoms with Crippen LogP contribution >= 0.6 is 35.3 Å². The number of hydrogen-bond donors (Lipinski definition) is 0. The molecule has 0 aromatic heterocycles. The Hall–Kier alpha value is 0.970. The van der Waals surface area contributed by atoms with Crippen LogP contribution in [0.2, 0.25) is 0 Å². The van der Waals surface area contributed by atoms with Crippen molar-refractivity contribution in [3.63, 3.8) is 0 Å². The molecule has 2 aliphatic rings. The van der Waals surface area contributed by atoms with E-state index in [-0.39, 0.29) is 0 Å². The summed E-state index contributed by atoms with van der Waals surface area (Å²) in [5.41, 5.74) is 0. The molecule has 0 amide bonds. The van der Waals surface area contributed by atoms with Gasteiger partial charge in [-0.05, 0) is 25.9 Å². The van der Waals surface area contributed by atoms with E-state index in [0.717, 1.165) is 0 Å². The first-order valence-corrected chi connectivity index (χ1v) is 8.59. The van der Waals surface area contributed by atoms with Crippen LogP contribution in [0.3, 0.4) is 0 Å². The van der Waals surface area contributed by atoms with Crippen molar-refractivity contribution in [1.29, 1.82) is 0 Å². The van der Waals surface area contributed by atoms with Crippen molar-refractivity contribution in [2.24, 2.45) is 0 Å². The zero-order chi connectivity index (χ0) is 9.64. The van der Waals surface area contributed by atoms with Gasteiger partial charge in [-0.15, -0.1) is 35.3 Å². The summed E-state index contributed by atoms with van der Waals surface area (Å²) in [5.74, 6) is 5.06. The second kappa shape index (κ2) is 6.53. The maximum absolute atomic E-state index is 2.57. The first-order chi connectivity index (χ1) is 6.95. The number of hydrogen-bond acceptors (Lipinski definition) is 5. The minimum absolute atomic E-state index is 1.26. The molecule has 0 saturated carbocycles. The highest BCUT2D eigenvalue weighted by Gasteiger charge is 2.14. The van der Waals surface area contributed by atoms with Crippen LogP contribution in [-0.2, 0) is 0 Å². The fourth-order valence-corrected chi connectivity index (χ4v) is 4.42. The molecule has 0 radical (unpaired) electrons. The highest BCUT2D eigenvalue weighted by Crippen LogP contribution is 2.22. The Morgan fingerprint density at radius 3 is 1.64 bits per heavy atom. The van der Waals surface area contributed by atoms with Gasteiger partial charge in [0.05, 0.1) is 0 Å². The van der Waals surface area contributed by atoms with Crippen LogP contribution in [0.15, 0.2) is 0 Å². The lowest BCUT2D eigenvalue weighted by Gasteiger charge is -2.30. The molecule has 5 heteroatoms. The van der Waals surface area contributed by atoms with E-state index in [1.54, 1.807) is 0 Å². The number of unbranched alkanes of at least 4 members (excludes halogenated alkanes) is 1. The molecule has 0 aliphatic carbocycles. The zero-order valence-electron chi connectivity index (χ0n) is 8.48. The molecule has 0 aromatic carbocycles. The van der Waals surface area contributed by atoms with Crippen LogP contribution in [0.4, 0.5) is 0 Å². The van der Waals surface area contributed by atoms with E-state index < -0.39 is 0 Å². The van der Waals surface area contributed by atoms with E-state index >= 15 is 0 Å². The average molecular weight is 250 g/mol. The largest absolute Gasteiger partial charge is 0.285 e. The Labute approximate surface area is 99.5 Å². The highest BCUT2D eigenvalue weighted by atomic mass is 32.2. The van der Waals surface area contributed by atoms with Crippen molar-refractivity contribution >= 4 is 35.3 Å². The molecule has 2 fully saturated rings. The first kappa shape index (κ1) is 11.5. The Morgan fingerprint density at radius 1 is 0.714 bits per heavy atom. The van der Waals surface area contributed by atoms with Gasteiger partial charge in [0.1, 0.15) is 0 Å². The molecule has 2 heterocycles. The zero-order valence-corrected chi connectivity index (χ0v) is 10.9. The van der Waals surface area contributed by atoms with Crippen molar-refractivity contribution in [2.75, 3.05) is 41.7 Å². The average Bonchev–Trinajstić information content (AvgIpc) is 2.16. The van der Waals surface area contributed by atoms with Crippen molar-refractivity contribution in [3.8, 4) is 0 Å². The maximum atomic E-state index is 2.57. The summed E-state index contributed by atoms with van der Waals surface area (Å²) in [7, 11) is 0. The van der Waals surface area contributed by atoms with Gasteiger partial charge in [-0.3, -0.25) is 9.80 Å². The second-order valence-electron chi connectivity index (χ2n) is 3.74. The minimum atomic E-state index is 1.26. The maximum Gasteiger partial charge on any atom is 0.0465 e. The molecule has 0 aromatic rings. The Kier molecular flexibility index (Phi) is 5.34. The topological polar surface area (TPSA) is 6.48 Å². The van der Waals surface area contributed by atoms with E-state index in [0.29, 0.717) is 0 Å². The summed E-state index contributed by atoms with van der Waals surface area (Å²) >= 11 is 6.16. The molecule has 0 bridgehead atoms. The quantitative estimate of drug-likeness (QED) is 0.689. The molecule has 2 saturated heterocycles. The predicted octanol–water partition coefficient (Wildman–Crippen LogP) is 2.38. The fourth-order valence-electron chi connectivity index (χ4n) is 1.58. The number of nitrogens with zero attached hydrogens (tertiary/aromatic N) is 2. The predicted molar refractivity (Wildman–Crippen MR) is 69.8 cm³/mol. The van der Waals surface area contributed by atoms with Gasteiger partial charge in [0.15, 0.2) is 0 Å². The first-order valence-electron chi connectivity index (χ1n) is 5.13. The lowest BCUT2D eigenvalue weighted by atomic mass is 10.3. The molecule has 82 valence electrons. The van der Waals surface area contributed by atoms with Crippen molar-refractivity contribution in [3.05, 3.63) is 0 Å². The molecule has 0 atom stereocenters. The molecule has 0 N–H and O–H groups in total. The van der Waals surface area contributed by atoms with Crippen molar-refractivity contribution in [1.82, 2.24) is 9.80 Å². The Balaban J connectivity index is 1.45. The van der Waals surface area contributed by atoms with Crippen LogP contribution < -0.4 is 0 Å². The Morgan fingerprint density at radius 2 is 1.21 bits per heavy atom. The molecular weight excluding hydrogens is 232 g/mol. The number of thioether (sulfide) groups is 3. The van der Waals surface area contributed by atoms with Gasteiger partial charge >= 0.3 is 0 Å². The van der Waals surface area contributed by atoms with Crippen molar-refractivity contribution < 1.29 is 0 Å². The van der Waals surface area contributed by atoms with Gasteiger partial charge in [0.25, 0.3) is 0 Å². The van der Waals surface area contributed by atoms with E-state index in [4.69, 9.17) is 0 Å². The number of rotatable bonds is 5. The monoisotopic (exact) mass is 250 g/mol. The molecular formula is C9H18N2S3. The third-order valence-electron chi connectivity index (χ3n) is 2.46. The van der Waals surface area contributed by atoms with Gasteiger partial charge in [0, 0.05) is 28.6 Å². The standard InChI is InChI=1S/C9H18N2S3/c1(3-10-5-12-6-10)2-4-11-7-13-9-14-8-11/h1-9H2. The van der Waals surface area contributed by atoms with E-state index in [9.17, 15) is 0 Å². The molecule has 14 heavy (non-hydrogen) atoms. The third-order valence-corrected chi connectivity index (χ3v) is 5.99. The summed E-state index contributed by atoms with van der Waals surface area (Å²) in [6.45, 7) is 2.63. The van der Waals surface area contributed by atoms with E-state index in [1.165, 1.54) is 54.5 Å². The van der Waals surface area contributed by atoms with Crippen LogP contribution in [0, 0.1) is 0 Å². The van der Waals surface area contributed by atoms with Crippen LogP contribution in [-0.4, -0.2) is 51.5 Å². The summed E-state index contributed by atoms with van der Waals surface area (Å²) in [6, 6.07) is 0. The SMILES string of the molecule is C(CCN1CSC1)CN1CSCSC1. The normalized spacial score (nSPS) is 24.9. The third kappa shape index (κ3) is 3.85. The van der Waals surface area contributed by atoms with Gasteiger partial charge in [-0.1, -0.05) is 0 Å². The molecule has 0 spiro atoms. The summed E-state index contributed by atoms with van der Waals surface area (Å²) in [6.07, 6.45) is 2.76. The molecule has 2 nitrogen and oxygen atoms in total. The van der Waals surface area contributed by atoms with Gasteiger partial charge < -0.3 is 0 Å². The molecule has 2 rings (SSSR count). The second-order valence-corrected chi connectivity index (χ2v) is 6.94. The lowest BCUT2D eigenvalue weighted by Crippen LogP contribution is -2.33. The summed E-state index contributed by atoms with van der Waals surface area (Å²) in [5, 5.41) is 1.29. The van der Waals surface area contributed by atoms with Gasteiger partial charge in [-0.2, -0.15) is 0 Å². The van der Waals surface area contributed by atoms with Crippen LogP contribution in [0.5, 0.6) is 0 Å². The summed E-state index contributed by atoms with van der Waals surface area (Å²) < 4.78 is 0. The molecule has 2 aliphatic heterocycles. The van der Waals surface area contributed by atoms with Gasteiger partial charge in [-0.25, -0.2) is 0 Å². The summed E-state index contributed by atoms with van der Waals surface area (Å²) in [4.78, 5) is 5.11. The lowest BCUT2D eigenvalue weighted by molar-refractivity contribution is 0.313. The highest BCUT2D eigenvalue weighted by molar-refractivity contribution is 8.16.